The second-order valence-electron chi connectivity index (χ2n) is 5.40. The number of carbonyl (C=O) groups excluding carboxylic acids is 1. The fourth-order valence-electron chi connectivity index (χ4n) is 1.66. The molecule has 2 rings (SSSR count). The summed E-state index contributed by atoms with van der Waals surface area (Å²) >= 11 is 0. The van der Waals surface area contributed by atoms with E-state index in [1.165, 1.54) is 0 Å². The van der Waals surface area contributed by atoms with Gasteiger partial charge in [0.05, 0.1) is 18.2 Å². The standard InChI is InChI=1S/C14H19NO2/c1-14(2,3)17-10-12-9-15(12)13(16)11-7-5-4-6-8-11/h4-8,12H,9-10H2,1-3H3. The molecule has 1 heterocycles. The van der Waals surface area contributed by atoms with Crippen molar-refractivity contribution in [1.29, 1.82) is 0 Å². The molecule has 0 spiro atoms. The van der Waals surface area contributed by atoms with Gasteiger partial charge in [0.2, 0.25) is 0 Å². The Labute approximate surface area is 102 Å². The first-order valence-electron chi connectivity index (χ1n) is 5.97. The Balaban J connectivity index is 1.85. The van der Waals surface area contributed by atoms with E-state index in [-0.39, 0.29) is 17.6 Å². The van der Waals surface area contributed by atoms with E-state index in [1.807, 2.05) is 56.0 Å². The van der Waals surface area contributed by atoms with Crippen molar-refractivity contribution < 1.29 is 9.53 Å². The summed E-state index contributed by atoms with van der Waals surface area (Å²) in [6.45, 7) is 7.52. The Morgan fingerprint density at radius 2 is 2.00 bits per heavy atom. The minimum Gasteiger partial charge on any atom is -0.374 e. The lowest BCUT2D eigenvalue weighted by Gasteiger charge is -2.19. The molecule has 17 heavy (non-hydrogen) atoms. The summed E-state index contributed by atoms with van der Waals surface area (Å²) in [5.41, 5.74) is 0.620. The number of benzene rings is 1. The Bertz CT molecular complexity index is 394. The van der Waals surface area contributed by atoms with Crippen LogP contribution in [0.3, 0.4) is 0 Å². The summed E-state index contributed by atoms with van der Waals surface area (Å²) in [7, 11) is 0. The maximum Gasteiger partial charge on any atom is 0.254 e. The average Bonchev–Trinajstić information content (AvgIpc) is 3.05. The average molecular weight is 233 g/mol. The molecule has 1 amide bonds. The molecule has 92 valence electrons. The van der Waals surface area contributed by atoms with Gasteiger partial charge < -0.3 is 9.64 Å². The first kappa shape index (κ1) is 12.1. The Kier molecular flexibility index (Phi) is 3.20. The molecular formula is C14H19NO2. The lowest BCUT2D eigenvalue weighted by molar-refractivity contribution is -0.00527. The topological polar surface area (TPSA) is 29.3 Å². The molecule has 1 aliphatic rings. The molecule has 0 bridgehead atoms. The van der Waals surface area contributed by atoms with E-state index in [2.05, 4.69) is 0 Å². The third-order valence-electron chi connectivity index (χ3n) is 2.70. The first-order chi connectivity index (χ1) is 7.97. The maximum atomic E-state index is 12.0. The third-order valence-corrected chi connectivity index (χ3v) is 2.70. The number of amides is 1. The summed E-state index contributed by atoms with van der Waals surface area (Å²) in [4.78, 5) is 13.9. The molecule has 0 aliphatic carbocycles. The predicted molar refractivity (Wildman–Crippen MR) is 67.0 cm³/mol. The van der Waals surface area contributed by atoms with E-state index in [0.717, 1.165) is 12.1 Å². The smallest absolute Gasteiger partial charge is 0.254 e. The minimum atomic E-state index is -0.135. The zero-order valence-electron chi connectivity index (χ0n) is 10.6. The highest BCUT2D eigenvalue weighted by atomic mass is 16.5. The minimum absolute atomic E-state index is 0.105. The molecule has 0 N–H and O–H groups in total. The number of hydrogen-bond donors (Lipinski definition) is 0. The van der Waals surface area contributed by atoms with Crippen molar-refractivity contribution in [2.24, 2.45) is 0 Å². The molecule has 0 aromatic heterocycles. The fraction of sp³-hybridized carbons (Fsp3) is 0.500. The third kappa shape index (κ3) is 3.30. The molecular weight excluding hydrogens is 214 g/mol. The van der Waals surface area contributed by atoms with Crippen LogP contribution >= 0.6 is 0 Å². The summed E-state index contributed by atoms with van der Waals surface area (Å²) in [5.74, 6) is 0.105. The first-order valence-corrected chi connectivity index (χ1v) is 5.97. The highest BCUT2D eigenvalue weighted by molar-refractivity contribution is 5.95. The van der Waals surface area contributed by atoms with Gasteiger partial charge in [0.25, 0.3) is 5.91 Å². The second kappa shape index (κ2) is 4.49. The van der Waals surface area contributed by atoms with Crippen molar-refractivity contribution in [2.75, 3.05) is 13.2 Å². The van der Waals surface area contributed by atoms with Crippen LogP contribution in [0.4, 0.5) is 0 Å². The van der Waals surface area contributed by atoms with Gasteiger partial charge in [0.1, 0.15) is 0 Å². The molecule has 1 atom stereocenters. The zero-order valence-corrected chi connectivity index (χ0v) is 10.6. The van der Waals surface area contributed by atoms with Gasteiger partial charge in [-0.1, -0.05) is 18.2 Å². The molecule has 1 aromatic carbocycles. The SMILES string of the molecule is CC(C)(C)OCC1CN1C(=O)c1ccccc1. The van der Waals surface area contributed by atoms with Crippen LogP contribution in [0.5, 0.6) is 0 Å². The number of carbonyl (C=O) groups is 1. The van der Waals surface area contributed by atoms with E-state index in [0.29, 0.717) is 6.61 Å². The van der Waals surface area contributed by atoms with Crippen LogP contribution in [-0.4, -0.2) is 35.6 Å². The van der Waals surface area contributed by atoms with Crippen LogP contribution in [0.2, 0.25) is 0 Å². The molecule has 3 heteroatoms. The highest BCUT2D eigenvalue weighted by Gasteiger charge is 2.39. The normalized spacial score (nSPS) is 19.2. The second-order valence-corrected chi connectivity index (χ2v) is 5.40. The van der Waals surface area contributed by atoms with Gasteiger partial charge in [-0.3, -0.25) is 4.79 Å². The highest BCUT2D eigenvalue weighted by Crippen LogP contribution is 2.23. The molecule has 3 nitrogen and oxygen atoms in total. The van der Waals surface area contributed by atoms with Gasteiger partial charge in [-0.2, -0.15) is 0 Å². The zero-order chi connectivity index (χ0) is 12.5. The van der Waals surface area contributed by atoms with Crippen LogP contribution in [0.1, 0.15) is 31.1 Å². The van der Waals surface area contributed by atoms with Gasteiger partial charge >= 0.3 is 0 Å². The van der Waals surface area contributed by atoms with E-state index in [9.17, 15) is 4.79 Å². The van der Waals surface area contributed by atoms with Crippen molar-refractivity contribution in [1.82, 2.24) is 4.90 Å². The quantitative estimate of drug-likeness (QED) is 0.750. The van der Waals surface area contributed by atoms with Gasteiger partial charge in [-0.05, 0) is 32.9 Å². The van der Waals surface area contributed by atoms with Gasteiger partial charge in [0, 0.05) is 12.1 Å². The molecule has 0 saturated carbocycles. The largest absolute Gasteiger partial charge is 0.374 e. The van der Waals surface area contributed by atoms with Crippen LogP contribution in [0, 0.1) is 0 Å². The van der Waals surface area contributed by atoms with E-state index in [1.54, 1.807) is 0 Å². The predicted octanol–water partition coefficient (Wildman–Crippen LogP) is 2.33. The molecule has 1 aliphatic heterocycles. The Hall–Kier alpha value is -1.35. The van der Waals surface area contributed by atoms with E-state index >= 15 is 0 Å². The fourth-order valence-corrected chi connectivity index (χ4v) is 1.66. The van der Waals surface area contributed by atoms with Crippen LogP contribution in [0.25, 0.3) is 0 Å². The number of ether oxygens (including phenoxy) is 1. The van der Waals surface area contributed by atoms with Crippen molar-refractivity contribution in [3.63, 3.8) is 0 Å². The van der Waals surface area contributed by atoms with Crippen molar-refractivity contribution >= 4 is 5.91 Å². The summed E-state index contributed by atoms with van der Waals surface area (Å²) in [6.07, 6.45) is 0. The van der Waals surface area contributed by atoms with E-state index < -0.39 is 0 Å². The Morgan fingerprint density at radius 3 is 2.59 bits per heavy atom. The van der Waals surface area contributed by atoms with Crippen molar-refractivity contribution in [2.45, 2.75) is 32.4 Å². The van der Waals surface area contributed by atoms with Gasteiger partial charge in [0.15, 0.2) is 0 Å². The monoisotopic (exact) mass is 233 g/mol. The van der Waals surface area contributed by atoms with Crippen LogP contribution in [0.15, 0.2) is 30.3 Å². The summed E-state index contributed by atoms with van der Waals surface area (Å²) in [6, 6.07) is 9.64. The van der Waals surface area contributed by atoms with Gasteiger partial charge in [-0.15, -0.1) is 0 Å². The van der Waals surface area contributed by atoms with Crippen molar-refractivity contribution in [3.05, 3.63) is 35.9 Å². The molecule has 1 saturated heterocycles. The van der Waals surface area contributed by atoms with Gasteiger partial charge in [-0.25, -0.2) is 0 Å². The number of rotatable bonds is 3. The summed E-state index contributed by atoms with van der Waals surface area (Å²) < 4.78 is 5.68. The summed E-state index contributed by atoms with van der Waals surface area (Å²) in [5, 5.41) is 0. The van der Waals surface area contributed by atoms with Crippen LogP contribution < -0.4 is 0 Å². The lowest BCUT2D eigenvalue weighted by atomic mass is 10.2. The number of hydrogen-bond acceptors (Lipinski definition) is 2. The van der Waals surface area contributed by atoms with Crippen molar-refractivity contribution in [3.8, 4) is 0 Å². The molecule has 1 unspecified atom stereocenters. The maximum absolute atomic E-state index is 12.0. The molecule has 1 fully saturated rings. The van der Waals surface area contributed by atoms with E-state index in [4.69, 9.17) is 4.74 Å². The molecule has 0 radical (unpaired) electrons. The van der Waals surface area contributed by atoms with Crippen LogP contribution in [-0.2, 0) is 4.74 Å². The molecule has 1 aromatic rings. The lowest BCUT2D eigenvalue weighted by Crippen LogP contribution is -2.24. The number of nitrogens with zero attached hydrogens (tertiary/aromatic N) is 1. The Morgan fingerprint density at radius 1 is 1.35 bits per heavy atom.